The number of ether oxygens (including phenoxy) is 5. The molecule has 1 spiro atoms. The van der Waals surface area contributed by atoms with Crippen LogP contribution >= 0.6 is 0 Å². The van der Waals surface area contributed by atoms with Crippen LogP contribution in [-0.2, 0) is 42.9 Å². The molecule has 3 aliphatic heterocycles. The zero-order chi connectivity index (χ0) is 35.4. The zero-order valence-electron chi connectivity index (χ0n) is 29.4. The predicted molar refractivity (Wildman–Crippen MR) is 166 cm³/mol. The van der Waals surface area contributed by atoms with Gasteiger partial charge in [0.15, 0.2) is 11.7 Å². The molecule has 266 valence electrons. The first kappa shape index (κ1) is 34.9. The number of furan rings is 1. The number of hydrogen-bond acceptors (Lipinski definition) is 12. The Morgan fingerprint density at radius 3 is 2.12 bits per heavy atom. The fraction of sp³-hybridized carbons (Fsp3) is 0.778. The number of hydrogen-bond donors (Lipinski definition) is 2. The van der Waals surface area contributed by atoms with Crippen LogP contribution in [0.15, 0.2) is 23.0 Å². The second-order valence-electron chi connectivity index (χ2n) is 16.0. The van der Waals surface area contributed by atoms with E-state index in [0.29, 0.717) is 31.2 Å². The van der Waals surface area contributed by atoms with Crippen molar-refractivity contribution in [3.05, 3.63) is 24.2 Å². The summed E-state index contributed by atoms with van der Waals surface area (Å²) in [5, 5.41) is 26.5. The summed E-state index contributed by atoms with van der Waals surface area (Å²) in [4.78, 5) is 55.0. The first-order valence-electron chi connectivity index (χ1n) is 17.2. The number of esters is 4. The molecule has 13 atom stereocenters. The minimum atomic E-state index is -2.59. The Bertz CT molecular complexity index is 1490. The Balaban J connectivity index is 1.65. The van der Waals surface area contributed by atoms with Crippen LogP contribution in [0, 0.1) is 45.8 Å². The molecule has 0 radical (unpaired) electrons. The third-order valence-electron chi connectivity index (χ3n) is 13.4. The van der Waals surface area contributed by atoms with E-state index < -0.39 is 105 Å². The Hall–Kier alpha value is -2.96. The molecule has 2 bridgehead atoms. The first-order chi connectivity index (χ1) is 22.4. The van der Waals surface area contributed by atoms with E-state index >= 15 is 0 Å². The molecule has 1 aromatic rings. The van der Waals surface area contributed by atoms with Gasteiger partial charge >= 0.3 is 23.9 Å². The van der Waals surface area contributed by atoms with E-state index in [1.54, 1.807) is 40.7 Å². The lowest BCUT2D eigenvalue weighted by Gasteiger charge is -2.69. The van der Waals surface area contributed by atoms with Gasteiger partial charge in [-0.25, -0.2) is 0 Å². The van der Waals surface area contributed by atoms with E-state index in [0.717, 1.165) is 0 Å². The van der Waals surface area contributed by atoms with Crippen LogP contribution in [-0.4, -0.2) is 70.4 Å². The molecule has 5 fully saturated rings. The average Bonchev–Trinajstić information content (AvgIpc) is 3.69. The standard InChI is InChI=1S/C36H50O12/c1-10-18(3)26(38)46-29-31(5,6)24(28(40)43-9)33(8)21-12-14-32(7)22(16-23(37)45-25(32)20-13-15-44-17-20)34(21)30(47-27(39)19(4)11-2)35(29,41)36(33,42)48-34/h13,15,17-19,21-22,24-25,29-30,41-42H,10-12,14,16H2,1-9H3/t18-,19-,21+,22+,24-,25-,29-,30-,32+,33+,34+,35-,36+/m0/s1. The maximum absolute atomic E-state index is 14.0. The van der Waals surface area contributed by atoms with E-state index in [-0.39, 0.29) is 6.42 Å². The smallest absolute Gasteiger partial charge is 0.310 e. The molecule has 6 rings (SSSR count). The number of carbonyl (C=O) groups is 4. The monoisotopic (exact) mass is 674 g/mol. The van der Waals surface area contributed by atoms with Gasteiger partial charge in [0, 0.05) is 33.6 Å². The van der Waals surface area contributed by atoms with Crippen molar-refractivity contribution in [1.29, 1.82) is 0 Å². The van der Waals surface area contributed by atoms with Gasteiger partial charge in [-0.1, -0.05) is 55.4 Å². The lowest BCUT2D eigenvalue weighted by atomic mass is 9.35. The number of fused-ring (bicyclic) bond motifs is 2. The average molecular weight is 675 g/mol. The van der Waals surface area contributed by atoms with Gasteiger partial charge in [0.2, 0.25) is 5.79 Å². The third kappa shape index (κ3) is 3.99. The minimum Gasteiger partial charge on any atom is -0.472 e. The molecule has 3 saturated heterocycles. The minimum absolute atomic E-state index is 0.176. The van der Waals surface area contributed by atoms with Crippen LogP contribution in [0.2, 0.25) is 0 Å². The molecule has 48 heavy (non-hydrogen) atoms. The Kier molecular flexibility index (Phi) is 8.01. The van der Waals surface area contributed by atoms with Gasteiger partial charge in [0.05, 0.1) is 43.8 Å². The van der Waals surface area contributed by atoms with E-state index in [4.69, 9.17) is 28.1 Å². The highest BCUT2D eigenvalue weighted by atomic mass is 16.7. The predicted octanol–water partition coefficient (Wildman–Crippen LogP) is 4.25. The van der Waals surface area contributed by atoms with E-state index in [1.165, 1.54) is 19.6 Å². The lowest BCUT2D eigenvalue weighted by Crippen LogP contribution is -2.85. The van der Waals surface area contributed by atoms with Gasteiger partial charge in [-0.2, -0.15) is 0 Å². The highest BCUT2D eigenvalue weighted by Crippen LogP contribution is 2.82. The molecule has 2 aliphatic carbocycles. The lowest BCUT2D eigenvalue weighted by molar-refractivity contribution is -0.382. The number of methoxy groups -OCH3 is 1. The Labute approximate surface area is 281 Å². The maximum atomic E-state index is 14.0. The zero-order valence-corrected chi connectivity index (χ0v) is 29.4. The van der Waals surface area contributed by atoms with Crippen molar-refractivity contribution in [2.24, 2.45) is 45.8 Å². The van der Waals surface area contributed by atoms with Gasteiger partial charge in [-0.05, 0) is 31.7 Å². The molecule has 0 aromatic carbocycles. The van der Waals surface area contributed by atoms with Crippen LogP contribution in [0.25, 0.3) is 0 Å². The Morgan fingerprint density at radius 2 is 1.58 bits per heavy atom. The molecule has 0 unspecified atom stereocenters. The number of carbonyl (C=O) groups excluding carboxylic acids is 4. The molecule has 12 nitrogen and oxygen atoms in total. The number of cyclic esters (lactones) is 1. The molecular weight excluding hydrogens is 624 g/mol. The second kappa shape index (κ2) is 11.0. The van der Waals surface area contributed by atoms with Crippen LogP contribution in [0.4, 0.5) is 0 Å². The fourth-order valence-electron chi connectivity index (χ4n) is 10.7. The molecule has 0 amide bonds. The van der Waals surface area contributed by atoms with Crippen molar-refractivity contribution < 1.29 is 57.5 Å². The molecule has 2 N–H and O–H groups in total. The molecule has 12 heteroatoms. The third-order valence-corrected chi connectivity index (χ3v) is 13.4. The Morgan fingerprint density at radius 1 is 0.979 bits per heavy atom. The van der Waals surface area contributed by atoms with Crippen molar-refractivity contribution in [3.63, 3.8) is 0 Å². The van der Waals surface area contributed by atoms with Crippen molar-refractivity contribution in [2.45, 2.75) is 123 Å². The van der Waals surface area contributed by atoms with Gasteiger partial charge in [-0.3, -0.25) is 19.2 Å². The fourth-order valence-corrected chi connectivity index (χ4v) is 10.7. The normalized spacial score (nSPS) is 44.9. The summed E-state index contributed by atoms with van der Waals surface area (Å²) in [7, 11) is 1.25. The highest BCUT2D eigenvalue weighted by Gasteiger charge is 2.97. The molecule has 5 aliphatic rings. The largest absolute Gasteiger partial charge is 0.472 e. The maximum Gasteiger partial charge on any atom is 0.310 e. The van der Waals surface area contributed by atoms with Crippen molar-refractivity contribution in [2.75, 3.05) is 7.11 Å². The topological polar surface area (TPSA) is 168 Å². The highest BCUT2D eigenvalue weighted by molar-refractivity contribution is 5.78. The molecule has 2 saturated carbocycles. The quantitative estimate of drug-likeness (QED) is 0.298. The summed E-state index contributed by atoms with van der Waals surface area (Å²) in [6, 6.07) is 1.72. The number of aliphatic hydroxyl groups is 2. The van der Waals surface area contributed by atoms with E-state index in [9.17, 15) is 29.4 Å². The summed E-state index contributed by atoms with van der Waals surface area (Å²) in [6.07, 6.45) is 0.548. The summed E-state index contributed by atoms with van der Waals surface area (Å²) in [5.74, 6) is -8.92. The van der Waals surface area contributed by atoms with E-state index in [2.05, 4.69) is 0 Å². The van der Waals surface area contributed by atoms with Crippen LogP contribution in [0.3, 0.4) is 0 Å². The van der Waals surface area contributed by atoms with Crippen LogP contribution in [0.1, 0.15) is 99.2 Å². The van der Waals surface area contributed by atoms with E-state index in [1.807, 2.05) is 20.8 Å². The molecule has 1 aromatic heterocycles. The van der Waals surface area contributed by atoms with Crippen molar-refractivity contribution >= 4 is 23.9 Å². The van der Waals surface area contributed by atoms with Gasteiger partial charge in [0.25, 0.3) is 0 Å². The van der Waals surface area contributed by atoms with Gasteiger partial charge < -0.3 is 38.3 Å². The van der Waals surface area contributed by atoms with Crippen molar-refractivity contribution in [1.82, 2.24) is 0 Å². The van der Waals surface area contributed by atoms with Gasteiger partial charge in [0.1, 0.15) is 17.8 Å². The summed E-state index contributed by atoms with van der Waals surface area (Å²) >= 11 is 0. The summed E-state index contributed by atoms with van der Waals surface area (Å²) in [5.41, 5.74) is -7.42. The molecule has 4 heterocycles. The second-order valence-corrected chi connectivity index (χ2v) is 16.0. The van der Waals surface area contributed by atoms with Crippen LogP contribution < -0.4 is 0 Å². The summed E-state index contributed by atoms with van der Waals surface area (Å²) in [6.45, 7) is 14.1. The first-order valence-corrected chi connectivity index (χ1v) is 17.2. The van der Waals surface area contributed by atoms with Gasteiger partial charge in [-0.15, -0.1) is 0 Å². The van der Waals surface area contributed by atoms with Crippen molar-refractivity contribution in [3.8, 4) is 0 Å². The SMILES string of the molecule is CC[C@H](C)C(=O)O[C@H]1C(C)(C)[C@H](C(=O)OC)[C@@]2(C)[C@H]3CC[C@]4(C)[C@@H](CC(=O)O[C@H]4c4ccoc4)[C@]34O[C@@]2(O)[C@@]1(O)[C@H]4OC(=O)[C@@H](C)CC. The van der Waals surface area contributed by atoms with Crippen LogP contribution in [0.5, 0.6) is 0 Å². The molecular formula is C36H50O12. The number of rotatable bonds is 8. The summed E-state index contributed by atoms with van der Waals surface area (Å²) < 4.78 is 36.2.